The van der Waals surface area contributed by atoms with E-state index in [2.05, 4.69) is 5.32 Å². The first-order chi connectivity index (χ1) is 9.79. The second-order valence-electron chi connectivity index (χ2n) is 4.11. The molecular formula is C13H9F4NO3. The molecule has 112 valence electrons. The van der Waals surface area contributed by atoms with Crippen molar-refractivity contribution in [2.45, 2.75) is 12.7 Å². The summed E-state index contributed by atoms with van der Waals surface area (Å²) < 4.78 is 55.7. The summed E-state index contributed by atoms with van der Waals surface area (Å²) >= 11 is 0. The Balaban J connectivity index is 2.17. The third kappa shape index (κ3) is 3.33. The average molecular weight is 303 g/mol. The average Bonchev–Trinajstić information content (AvgIpc) is 2.85. The van der Waals surface area contributed by atoms with Crippen LogP contribution in [0, 0.1) is 5.82 Å². The fraction of sp³-hybridized carbons (Fsp3) is 0.154. The van der Waals surface area contributed by atoms with E-state index < -0.39 is 23.5 Å². The van der Waals surface area contributed by atoms with E-state index in [-0.39, 0.29) is 23.6 Å². The third-order valence-electron chi connectivity index (χ3n) is 2.70. The first-order valence-electron chi connectivity index (χ1n) is 5.69. The zero-order chi connectivity index (χ0) is 15.6. The number of hydrogen-bond donors (Lipinski definition) is 2. The molecule has 0 aliphatic carbocycles. The molecule has 0 unspecified atom stereocenters. The Morgan fingerprint density at radius 1 is 1.29 bits per heavy atom. The van der Waals surface area contributed by atoms with E-state index in [9.17, 15) is 22.4 Å². The van der Waals surface area contributed by atoms with Crippen molar-refractivity contribution in [2.75, 3.05) is 5.32 Å². The van der Waals surface area contributed by atoms with Crippen molar-refractivity contribution < 1.29 is 31.9 Å². The summed E-state index contributed by atoms with van der Waals surface area (Å²) in [4.78, 5) is 10.8. The lowest BCUT2D eigenvalue weighted by Crippen LogP contribution is -2.10. The molecule has 0 saturated carbocycles. The largest absolute Gasteiger partial charge is 0.478 e. The minimum absolute atomic E-state index is 0.00327. The topological polar surface area (TPSA) is 62.5 Å². The van der Waals surface area contributed by atoms with Crippen LogP contribution in [-0.2, 0) is 12.7 Å². The quantitative estimate of drug-likeness (QED) is 0.844. The molecule has 2 N–H and O–H groups in total. The van der Waals surface area contributed by atoms with Crippen LogP contribution in [0.2, 0.25) is 0 Å². The molecule has 2 rings (SSSR count). The maximum Gasteiger partial charge on any atom is 0.419 e. The van der Waals surface area contributed by atoms with Gasteiger partial charge in [0.15, 0.2) is 0 Å². The zero-order valence-electron chi connectivity index (χ0n) is 10.4. The number of aromatic carboxylic acids is 1. The Hall–Kier alpha value is -2.51. The highest BCUT2D eigenvalue weighted by molar-refractivity contribution is 5.88. The van der Waals surface area contributed by atoms with Gasteiger partial charge in [0.2, 0.25) is 0 Å². The molecule has 0 atom stereocenters. The van der Waals surface area contributed by atoms with Crippen LogP contribution in [-0.4, -0.2) is 11.1 Å². The number of anilines is 1. The molecule has 8 heteroatoms. The highest BCUT2D eigenvalue weighted by Crippen LogP contribution is 2.33. The van der Waals surface area contributed by atoms with Crippen LogP contribution >= 0.6 is 0 Å². The number of alkyl halides is 3. The van der Waals surface area contributed by atoms with Crippen LogP contribution in [0.15, 0.2) is 34.9 Å². The van der Waals surface area contributed by atoms with Gasteiger partial charge < -0.3 is 14.8 Å². The van der Waals surface area contributed by atoms with Crippen molar-refractivity contribution in [1.82, 2.24) is 0 Å². The van der Waals surface area contributed by atoms with Crippen LogP contribution in [0.3, 0.4) is 0 Å². The summed E-state index contributed by atoms with van der Waals surface area (Å²) in [5, 5.41) is 11.4. The van der Waals surface area contributed by atoms with Crippen LogP contribution < -0.4 is 5.32 Å². The Morgan fingerprint density at radius 3 is 2.62 bits per heavy atom. The molecule has 0 bridgehead atoms. The highest BCUT2D eigenvalue weighted by atomic mass is 19.4. The number of hydrogen-bond acceptors (Lipinski definition) is 3. The number of carbonyl (C=O) groups is 1. The monoisotopic (exact) mass is 303 g/mol. The molecule has 21 heavy (non-hydrogen) atoms. The number of benzene rings is 1. The molecule has 1 heterocycles. The van der Waals surface area contributed by atoms with Crippen LogP contribution in [0.5, 0.6) is 0 Å². The van der Waals surface area contributed by atoms with Gasteiger partial charge in [0, 0.05) is 5.69 Å². The normalized spacial score (nSPS) is 11.4. The third-order valence-corrected chi connectivity index (χ3v) is 2.70. The van der Waals surface area contributed by atoms with Gasteiger partial charge in [-0.25, -0.2) is 9.18 Å². The van der Waals surface area contributed by atoms with Gasteiger partial charge in [-0.05, 0) is 24.3 Å². The summed E-state index contributed by atoms with van der Waals surface area (Å²) in [5.74, 6) is -2.53. The van der Waals surface area contributed by atoms with Gasteiger partial charge in [0.25, 0.3) is 0 Å². The zero-order valence-corrected chi connectivity index (χ0v) is 10.4. The van der Waals surface area contributed by atoms with E-state index >= 15 is 0 Å². The van der Waals surface area contributed by atoms with Crippen LogP contribution in [0.1, 0.15) is 21.7 Å². The predicted molar refractivity (Wildman–Crippen MR) is 64.4 cm³/mol. The van der Waals surface area contributed by atoms with Crippen molar-refractivity contribution in [1.29, 1.82) is 0 Å². The molecule has 2 aromatic rings. The standard InChI is InChI=1S/C13H9F4NO3/c14-10-2-1-7(5-9(10)13(15,16)17)18-6-11-8(12(19)20)3-4-21-11/h1-5,18H,6H2,(H,19,20). The van der Waals surface area contributed by atoms with Crippen molar-refractivity contribution in [3.05, 3.63) is 53.2 Å². The fourth-order valence-corrected chi connectivity index (χ4v) is 1.70. The van der Waals surface area contributed by atoms with Crippen LogP contribution in [0.4, 0.5) is 23.2 Å². The molecular weight excluding hydrogens is 294 g/mol. The van der Waals surface area contributed by atoms with E-state index in [1.165, 1.54) is 6.07 Å². The van der Waals surface area contributed by atoms with Crippen LogP contribution in [0.25, 0.3) is 0 Å². The van der Waals surface area contributed by atoms with E-state index in [0.29, 0.717) is 12.1 Å². The second kappa shape index (κ2) is 5.47. The maximum absolute atomic E-state index is 13.1. The lowest BCUT2D eigenvalue weighted by atomic mass is 10.1. The Bertz CT molecular complexity index is 664. The molecule has 0 spiro atoms. The smallest absolute Gasteiger partial charge is 0.419 e. The van der Waals surface area contributed by atoms with E-state index in [4.69, 9.17) is 9.52 Å². The van der Waals surface area contributed by atoms with Gasteiger partial charge in [-0.2, -0.15) is 13.2 Å². The van der Waals surface area contributed by atoms with Gasteiger partial charge in [0.05, 0.1) is 18.4 Å². The molecule has 1 aromatic carbocycles. The number of nitrogens with one attached hydrogen (secondary N) is 1. The van der Waals surface area contributed by atoms with Gasteiger partial charge in [-0.1, -0.05) is 0 Å². The molecule has 1 aromatic heterocycles. The van der Waals surface area contributed by atoms with Gasteiger partial charge in [0.1, 0.15) is 17.1 Å². The molecule has 0 aliphatic rings. The van der Waals surface area contributed by atoms with E-state index in [1.54, 1.807) is 0 Å². The maximum atomic E-state index is 13.1. The number of carboxylic acids is 1. The van der Waals surface area contributed by atoms with Gasteiger partial charge in [-0.3, -0.25) is 0 Å². The summed E-state index contributed by atoms with van der Waals surface area (Å²) in [5.41, 5.74) is -1.50. The van der Waals surface area contributed by atoms with Crippen molar-refractivity contribution >= 4 is 11.7 Å². The minimum atomic E-state index is -4.81. The molecule has 0 radical (unpaired) electrons. The Morgan fingerprint density at radius 2 is 2.00 bits per heavy atom. The Kier molecular flexibility index (Phi) is 3.88. The second-order valence-corrected chi connectivity index (χ2v) is 4.11. The minimum Gasteiger partial charge on any atom is -0.478 e. The molecule has 0 fully saturated rings. The highest BCUT2D eigenvalue weighted by Gasteiger charge is 2.34. The van der Waals surface area contributed by atoms with Crippen molar-refractivity contribution in [3.8, 4) is 0 Å². The first-order valence-corrected chi connectivity index (χ1v) is 5.69. The molecule has 0 amide bonds. The summed E-state index contributed by atoms with van der Waals surface area (Å²) in [7, 11) is 0. The van der Waals surface area contributed by atoms with Crippen molar-refractivity contribution in [2.24, 2.45) is 0 Å². The Labute approximate surface area is 116 Å². The van der Waals surface area contributed by atoms with Gasteiger partial charge in [-0.15, -0.1) is 0 Å². The number of halogens is 4. The SMILES string of the molecule is O=C(O)c1ccoc1CNc1ccc(F)c(C(F)(F)F)c1. The lowest BCUT2D eigenvalue weighted by molar-refractivity contribution is -0.139. The summed E-state index contributed by atoms with van der Waals surface area (Å²) in [6, 6.07) is 3.64. The molecule has 4 nitrogen and oxygen atoms in total. The van der Waals surface area contributed by atoms with Gasteiger partial charge >= 0.3 is 12.1 Å². The summed E-state index contributed by atoms with van der Waals surface area (Å²) in [6.07, 6.45) is -3.65. The fourth-order valence-electron chi connectivity index (χ4n) is 1.70. The predicted octanol–water partition coefficient (Wildman–Crippen LogP) is 3.75. The molecule has 0 aliphatic heterocycles. The van der Waals surface area contributed by atoms with E-state index in [0.717, 1.165) is 12.3 Å². The number of rotatable bonds is 4. The summed E-state index contributed by atoms with van der Waals surface area (Å²) in [6.45, 7) is -0.141. The molecule has 0 saturated heterocycles. The first kappa shape index (κ1) is 14.9. The lowest BCUT2D eigenvalue weighted by Gasteiger charge is -2.11. The number of furan rings is 1. The van der Waals surface area contributed by atoms with E-state index in [1.807, 2.05) is 0 Å². The number of carboxylic acid groups (broad SMARTS) is 1. The van der Waals surface area contributed by atoms with Crippen molar-refractivity contribution in [3.63, 3.8) is 0 Å².